The molecule has 1 aromatic rings. The zero-order valence-electron chi connectivity index (χ0n) is 7.76. The van der Waals surface area contributed by atoms with Gasteiger partial charge in [-0.25, -0.2) is 9.97 Å². The maximum atomic E-state index is 5.82. The van der Waals surface area contributed by atoms with E-state index in [1.807, 2.05) is 13.8 Å². The minimum Gasteiger partial charge on any atom is -0.393 e. The molecule has 4 nitrogen and oxygen atoms in total. The Morgan fingerprint density at radius 1 is 1.38 bits per heavy atom. The van der Waals surface area contributed by atoms with Crippen molar-refractivity contribution < 1.29 is 0 Å². The summed E-state index contributed by atoms with van der Waals surface area (Å²) in [5.41, 5.74) is 6.09. The number of nitrogens with two attached hydrogens (primary N) is 1. The fraction of sp³-hybridized carbons (Fsp3) is 0.500. The van der Waals surface area contributed by atoms with E-state index in [1.165, 1.54) is 0 Å². The predicted molar refractivity (Wildman–Crippen MR) is 55.0 cm³/mol. The van der Waals surface area contributed by atoms with E-state index in [2.05, 4.69) is 15.3 Å². The Kier molecular flexibility index (Phi) is 3.31. The maximum absolute atomic E-state index is 5.82. The van der Waals surface area contributed by atoms with Crippen LogP contribution in [0.4, 0.5) is 11.5 Å². The number of aryl methyl sites for hydroxylation is 1. The summed E-state index contributed by atoms with van der Waals surface area (Å²) in [4.78, 5) is 8.23. The van der Waals surface area contributed by atoms with E-state index in [4.69, 9.17) is 17.3 Å². The quantitative estimate of drug-likeness (QED) is 0.730. The second kappa shape index (κ2) is 4.28. The predicted octanol–water partition coefficient (Wildman–Crippen LogP) is 1.71. The second-order valence-electron chi connectivity index (χ2n) is 2.58. The molecule has 0 spiro atoms. The van der Waals surface area contributed by atoms with Crippen molar-refractivity contribution in [1.29, 1.82) is 0 Å². The molecule has 0 aliphatic carbocycles. The Labute approximate surface area is 82.5 Å². The van der Waals surface area contributed by atoms with Crippen LogP contribution in [0.3, 0.4) is 0 Å². The number of nitrogens with zero attached hydrogens (tertiary/aromatic N) is 2. The van der Waals surface area contributed by atoms with Crippen molar-refractivity contribution in [2.24, 2.45) is 0 Å². The zero-order valence-corrected chi connectivity index (χ0v) is 8.52. The van der Waals surface area contributed by atoms with Crippen LogP contribution in [0.2, 0.25) is 5.15 Å². The largest absolute Gasteiger partial charge is 0.393 e. The Balaban J connectivity index is 3.09. The first-order valence-electron chi connectivity index (χ1n) is 4.24. The first-order chi connectivity index (χ1) is 6.19. The molecular weight excluding hydrogens is 188 g/mol. The molecule has 0 saturated carbocycles. The molecule has 0 amide bonds. The van der Waals surface area contributed by atoms with Gasteiger partial charge in [0.05, 0.1) is 0 Å². The number of halogens is 1. The molecule has 0 fully saturated rings. The summed E-state index contributed by atoms with van der Waals surface area (Å²) in [7, 11) is 0. The van der Waals surface area contributed by atoms with Crippen LogP contribution in [0.1, 0.15) is 19.7 Å². The van der Waals surface area contributed by atoms with E-state index < -0.39 is 0 Å². The maximum Gasteiger partial charge on any atom is 0.157 e. The third-order valence-corrected chi connectivity index (χ3v) is 1.89. The highest BCUT2D eigenvalue weighted by atomic mass is 35.5. The molecule has 0 saturated heterocycles. The fourth-order valence-corrected chi connectivity index (χ4v) is 1.13. The van der Waals surface area contributed by atoms with Gasteiger partial charge in [-0.3, -0.25) is 0 Å². The van der Waals surface area contributed by atoms with Crippen LogP contribution in [0.15, 0.2) is 0 Å². The number of aromatic nitrogens is 2. The molecule has 13 heavy (non-hydrogen) atoms. The molecule has 72 valence electrons. The van der Waals surface area contributed by atoms with E-state index in [9.17, 15) is 0 Å². The lowest BCUT2D eigenvalue weighted by Crippen LogP contribution is -2.07. The lowest BCUT2D eigenvalue weighted by molar-refractivity contribution is 0.939. The number of hydrogen-bond donors (Lipinski definition) is 2. The highest BCUT2D eigenvalue weighted by Crippen LogP contribution is 2.23. The van der Waals surface area contributed by atoms with E-state index in [0.29, 0.717) is 22.5 Å². The average molecular weight is 201 g/mol. The number of hydrogen-bond acceptors (Lipinski definition) is 4. The van der Waals surface area contributed by atoms with Crippen LogP contribution in [0.25, 0.3) is 0 Å². The van der Waals surface area contributed by atoms with Crippen molar-refractivity contribution in [2.45, 2.75) is 20.3 Å². The average Bonchev–Trinajstić information content (AvgIpc) is 2.13. The number of anilines is 2. The summed E-state index contributed by atoms with van der Waals surface area (Å²) in [6, 6.07) is 0. The standard InChI is InChI=1S/C8H13ClN4/c1-3-5-12-7(9)6(10)8(13-5)11-4-2/h3-4,10H2,1-2H3,(H,11,12,13). The molecule has 1 rings (SSSR count). The van der Waals surface area contributed by atoms with Gasteiger partial charge in [-0.15, -0.1) is 0 Å². The van der Waals surface area contributed by atoms with Gasteiger partial charge in [0.2, 0.25) is 0 Å². The second-order valence-corrected chi connectivity index (χ2v) is 2.93. The van der Waals surface area contributed by atoms with Gasteiger partial charge >= 0.3 is 0 Å². The molecule has 1 aromatic heterocycles. The SMILES string of the molecule is CCNc1nc(CC)nc(Cl)c1N. The summed E-state index contributed by atoms with van der Waals surface area (Å²) in [6.07, 6.45) is 0.748. The van der Waals surface area contributed by atoms with Gasteiger partial charge in [-0.2, -0.15) is 0 Å². The van der Waals surface area contributed by atoms with E-state index >= 15 is 0 Å². The molecule has 0 bridgehead atoms. The number of nitrogen functional groups attached to an aromatic ring is 1. The third kappa shape index (κ3) is 2.21. The molecular formula is C8H13ClN4. The van der Waals surface area contributed by atoms with Gasteiger partial charge < -0.3 is 11.1 Å². The highest BCUT2D eigenvalue weighted by molar-refractivity contribution is 6.32. The summed E-state index contributed by atoms with van der Waals surface area (Å²) in [5.74, 6) is 1.33. The molecule has 1 heterocycles. The Morgan fingerprint density at radius 3 is 2.62 bits per heavy atom. The van der Waals surface area contributed by atoms with Gasteiger partial charge in [-0.1, -0.05) is 18.5 Å². The Bertz CT molecular complexity index is 300. The van der Waals surface area contributed by atoms with Crippen LogP contribution < -0.4 is 11.1 Å². The van der Waals surface area contributed by atoms with Crippen LogP contribution in [-0.2, 0) is 6.42 Å². The van der Waals surface area contributed by atoms with Gasteiger partial charge in [0, 0.05) is 13.0 Å². The van der Waals surface area contributed by atoms with E-state index in [-0.39, 0.29) is 0 Å². The molecule has 0 radical (unpaired) electrons. The van der Waals surface area contributed by atoms with E-state index in [0.717, 1.165) is 13.0 Å². The first-order valence-corrected chi connectivity index (χ1v) is 4.62. The van der Waals surface area contributed by atoms with Crippen LogP contribution >= 0.6 is 11.6 Å². The van der Waals surface area contributed by atoms with Crippen molar-refractivity contribution in [2.75, 3.05) is 17.6 Å². The van der Waals surface area contributed by atoms with Crippen molar-refractivity contribution >= 4 is 23.1 Å². The van der Waals surface area contributed by atoms with E-state index in [1.54, 1.807) is 0 Å². The van der Waals surface area contributed by atoms with Crippen molar-refractivity contribution in [3.8, 4) is 0 Å². The normalized spacial score (nSPS) is 10.1. The zero-order chi connectivity index (χ0) is 9.84. The minimum absolute atomic E-state index is 0.322. The van der Waals surface area contributed by atoms with Crippen molar-refractivity contribution in [3.63, 3.8) is 0 Å². The van der Waals surface area contributed by atoms with Crippen molar-refractivity contribution in [1.82, 2.24) is 9.97 Å². The van der Waals surface area contributed by atoms with Crippen molar-refractivity contribution in [3.05, 3.63) is 11.0 Å². The molecule has 0 aliphatic heterocycles. The number of rotatable bonds is 3. The monoisotopic (exact) mass is 200 g/mol. The highest BCUT2D eigenvalue weighted by Gasteiger charge is 2.07. The third-order valence-electron chi connectivity index (χ3n) is 1.61. The van der Waals surface area contributed by atoms with Crippen LogP contribution in [-0.4, -0.2) is 16.5 Å². The van der Waals surface area contributed by atoms with Gasteiger partial charge in [-0.05, 0) is 6.92 Å². The summed E-state index contributed by atoms with van der Waals surface area (Å²) >= 11 is 5.82. The molecule has 0 unspecified atom stereocenters. The lowest BCUT2D eigenvalue weighted by atomic mass is 10.4. The van der Waals surface area contributed by atoms with Crippen LogP contribution in [0, 0.1) is 0 Å². The van der Waals surface area contributed by atoms with Gasteiger partial charge in [0.15, 0.2) is 11.0 Å². The molecule has 3 N–H and O–H groups in total. The fourth-order valence-electron chi connectivity index (χ4n) is 0.946. The van der Waals surface area contributed by atoms with Gasteiger partial charge in [0.25, 0.3) is 0 Å². The van der Waals surface area contributed by atoms with Crippen LogP contribution in [0.5, 0.6) is 0 Å². The lowest BCUT2D eigenvalue weighted by Gasteiger charge is -2.08. The topological polar surface area (TPSA) is 63.8 Å². The summed E-state index contributed by atoms with van der Waals surface area (Å²) < 4.78 is 0. The van der Waals surface area contributed by atoms with Gasteiger partial charge in [0.1, 0.15) is 11.5 Å². The minimum atomic E-state index is 0.322. The number of nitrogens with one attached hydrogen (secondary N) is 1. The molecule has 0 aromatic carbocycles. The first kappa shape index (κ1) is 10.1. The summed E-state index contributed by atoms with van der Waals surface area (Å²) in [5, 5.41) is 3.35. The Hall–Kier alpha value is -1.03. The Morgan fingerprint density at radius 2 is 2.08 bits per heavy atom. The summed E-state index contributed by atoms with van der Waals surface area (Å²) in [6.45, 7) is 4.71. The smallest absolute Gasteiger partial charge is 0.157 e. The molecule has 0 atom stereocenters. The molecule has 5 heteroatoms. The molecule has 0 aliphatic rings.